The van der Waals surface area contributed by atoms with Crippen molar-refractivity contribution in [2.75, 3.05) is 0 Å². The van der Waals surface area contributed by atoms with Gasteiger partial charge in [-0.1, -0.05) is 68.0 Å². The van der Waals surface area contributed by atoms with Crippen LogP contribution in [0.2, 0.25) is 0 Å². The van der Waals surface area contributed by atoms with Gasteiger partial charge >= 0.3 is 5.97 Å². The second kappa shape index (κ2) is 6.40. The zero-order valence-electron chi connectivity index (χ0n) is 14.4. The molecule has 0 heterocycles. The Kier molecular flexibility index (Phi) is 4.46. The zero-order valence-corrected chi connectivity index (χ0v) is 14.4. The van der Waals surface area contributed by atoms with Gasteiger partial charge in [-0.15, -0.1) is 0 Å². The molecule has 126 valence electrons. The van der Waals surface area contributed by atoms with Gasteiger partial charge in [-0.25, -0.2) is 0 Å². The lowest BCUT2D eigenvalue weighted by atomic mass is 9.63. The number of allylic oxidation sites excluding steroid dienone is 5. The van der Waals surface area contributed by atoms with Gasteiger partial charge in [0.1, 0.15) is 12.2 Å². The monoisotopic (exact) mass is 324 g/mol. The molecule has 0 spiro atoms. The van der Waals surface area contributed by atoms with E-state index < -0.39 is 12.2 Å². The lowest BCUT2D eigenvalue weighted by molar-refractivity contribution is -0.159. The second-order valence-corrected chi connectivity index (χ2v) is 7.02. The summed E-state index contributed by atoms with van der Waals surface area (Å²) >= 11 is 0. The smallest absolute Gasteiger partial charge is 0.310 e. The third-order valence-electron chi connectivity index (χ3n) is 5.26. The molecule has 2 aliphatic carbocycles. The number of aliphatic hydroxyl groups is 1. The molecule has 1 N–H and O–H groups in total. The van der Waals surface area contributed by atoms with E-state index in [1.807, 2.05) is 43.3 Å². The minimum atomic E-state index is -0.778. The number of hydrogen-bond acceptors (Lipinski definition) is 3. The molecule has 1 aromatic carbocycles. The Morgan fingerprint density at radius 1 is 1.25 bits per heavy atom. The number of benzene rings is 1. The Morgan fingerprint density at radius 3 is 2.67 bits per heavy atom. The predicted octanol–water partition coefficient (Wildman–Crippen LogP) is 3.60. The number of carbonyl (C=O) groups excluding carboxylic acids is 1. The maximum absolute atomic E-state index is 12.3. The molecule has 3 heteroatoms. The lowest BCUT2D eigenvalue weighted by Crippen LogP contribution is -2.47. The van der Waals surface area contributed by atoms with Crippen LogP contribution in [0.4, 0.5) is 0 Å². The molecule has 3 nitrogen and oxygen atoms in total. The summed E-state index contributed by atoms with van der Waals surface area (Å²) in [4.78, 5) is 12.3. The third kappa shape index (κ3) is 3.09. The molecule has 0 aliphatic heterocycles. The summed E-state index contributed by atoms with van der Waals surface area (Å²) in [6.45, 7) is 6.24. The van der Waals surface area contributed by atoms with Crippen molar-refractivity contribution in [2.45, 2.75) is 39.4 Å². The summed E-state index contributed by atoms with van der Waals surface area (Å²) in [6.07, 6.45) is 7.03. The van der Waals surface area contributed by atoms with Crippen LogP contribution in [0.5, 0.6) is 0 Å². The lowest BCUT2D eigenvalue weighted by Gasteiger charge is -2.45. The Balaban J connectivity index is 1.78. The summed E-state index contributed by atoms with van der Waals surface area (Å²) in [7, 11) is 0. The minimum Gasteiger partial charge on any atom is -0.459 e. The molecule has 0 saturated heterocycles. The van der Waals surface area contributed by atoms with Crippen LogP contribution in [0.1, 0.15) is 26.3 Å². The number of esters is 1. The van der Waals surface area contributed by atoms with E-state index in [9.17, 15) is 9.90 Å². The van der Waals surface area contributed by atoms with E-state index in [1.54, 1.807) is 0 Å². The summed E-state index contributed by atoms with van der Waals surface area (Å²) in [6, 6.07) is 9.52. The summed E-state index contributed by atoms with van der Waals surface area (Å²) in [5, 5.41) is 10.5. The fraction of sp³-hybridized carbons (Fsp3) is 0.381. The van der Waals surface area contributed by atoms with Crippen LogP contribution >= 0.6 is 0 Å². The van der Waals surface area contributed by atoms with Crippen LogP contribution in [0.25, 0.3) is 0 Å². The van der Waals surface area contributed by atoms with Gasteiger partial charge in [-0.3, -0.25) is 4.79 Å². The van der Waals surface area contributed by atoms with E-state index in [4.69, 9.17) is 4.74 Å². The first kappa shape index (κ1) is 16.7. The fourth-order valence-corrected chi connectivity index (χ4v) is 3.68. The molecule has 0 aromatic heterocycles. The molecular weight excluding hydrogens is 300 g/mol. The number of ether oxygens (including phenoxy) is 1. The Morgan fingerprint density at radius 2 is 1.96 bits per heavy atom. The zero-order chi connectivity index (χ0) is 17.3. The van der Waals surface area contributed by atoms with Crippen LogP contribution in [0.15, 0.2) is 65.8 Å². The van der Waals surface area contributed by atoms with E-state index in [1.165, 1.54) is 5.57 Å². The van der Waals surface area contributed by atoms with Crippen molar-refractivity contribution >= 4 is 5.97 Å². The van der Waals surface area contributed by atoms with Crippen molar-refractivity contribution in [1.82, 2.24) is 0 Å². The molecule has 3 rings (SSSR count). The molecule has 0 unspecified atom stereocenters. The van der Waals surface area contributed by atoms with E-state index in [0.717, 1.165) is 11.1 Å². The van der Waals surface area contributed by atoms with Crippen molar-refractivity contribution in [3.8, 4) is 0 Å². The summed E-state index contributed by atoms with van der Waals surface area (Å²) < 4.78 is 5.68. The number of hydrogen-bond donors (Lipinski definition) is 1. The highest BCUT2D eigenvalue weighted by Crippen LogP contribution is 2.47. The number of fused-ring (bicyclic) bond motifs is 1. The van der Waals surface area contributed by atoms with Gasteiger partial charge in [0, 0.05) is 11.3 Å². The highest BCUT2D eigenvalue weighted by Gasteiger charge is 2.45. The molecule has 2 aliphatic rings. The first-order valence-electron chi connectivity index (χ1n) is 8.41. The molecule has 0 bridgehead atoms. The van der Waals surface area contributed by atoms with Gasteiger partial charge in [-0.2, -0.15) is 0 Å². The van der Waals surface area contributed by atoms with Crippen molar-refractivity contribution < 1.29 is 14.6 Å². The molecule has 0 amide bonds. The molecule has 4 atom stereocenters. The van der Waals surface area contributed by atoms with Crippen LogP contribution < -0.4 is 0 Å². The molecular formula is C21H24O3. The van der Waals surface area contributed by atoms with Crippen LogP contribution in [0, 0.1) is 11.3 Å². The Labute approximate surface area is 143 Å². The van der Waals surface area contributed by atoms with Crippen molar-refractivity contribution in [3.63, 3.8) is 0 Å². The Bertz CT molecular complexity index is 714. The average Bonchev–Trinajstić information content (AvgIpc) is 2.54. The maximum Gasteiger partial charge on any atom is 0.310 e. The van der Waals surface area contributed by atoms with Crippen LogP contribution in [-0.2, 0) is 16.0 Å². The van der Waals surface area contributed by atoms with Gasteiger partial charge < -0.3 is 9.84 Å². The minimum absolute atomic E-state index is 0.00729. The van der Waals surface area contributed by atoms with Crippen LogP contribution in [-0.4, -0.2) is 23.3 Å². The standard InChI is InChI=1S/C21H24O3/c1-14-9-10-17-12-18(22)20(15(2)21(17,3)13-14)24-19(23)11-16-7-5-4-6-8-16/h4-10,12-13,15,18,20,22H,11H2,1-3H3/t15-,18-,20+,21+/m0/s1. The summed E-state index contributed by atoms with van der Waals surface area (Å²) in [5.74, 6) is -0.309. The first-order valence-corrected chi connectivity index (χ1v) is 8.41. The topological polar surface area (TPSA) is 46.5 Å². The quantitative estimate of drug-likeness (QED) is 0.864. The average molecular weight is 324 g/mol. The third-order valence-corrected chi connectivity index (χ3v) is 5.26. The number of rotatable bonds is 3. The highest BCUT2D eigenvalue weighted by molar-refractivity contribution is 5.73. The van der Waals surface area contributed by atoms with Crippen molar-refractivity contribution in [3.05, 3.63) is 71.3 Å². The van der Waals surface area contributed by atoms with Crippen molar-refractivity contribution in [2.24, 2.45) is 11.3 Å². The molecule has 1 aromatic rings. The van der Waals surface area contributed by atoms with Gasteiger partial charge in [0.05, 0.1) is 6.42 Å². The number of aliphatic hydroxyl groups excluding tert-OH is 1. The molecule has 0 saturated carbocycles. The molecule has 0 fully saturated rings. The van der Waals surface area contributed by atoms with Crippen molar-refractivity contribution in [1.29, 1.82) is 0 Å². The summed E-state index contributed by atoms with van der Waals surface area (Å²) in [5.41, 5.74) is 2.96. The fourth-order valence-electron chi connectivity index (χ4n) is 3.68. The van der Waals surface area contributed by atoms with Gasteiger partial charge in [0.25, 0.3) is 0 Å². The molecule has 24 heavy (non-hydrogen) atoms. The maximum atomic E-state index is 12.3. The second-order valence-electron chi connectivity index (χ2n) is 7.02. The predicted molar refractivity (Wildman–Crippen MR) is 94.3 cm³/mol. The first-order chi connectivity index (χ1) is 11.4. The normalized spacial score (nSPS) is 31.8. The van der Waals surface area contributed by atoms with Crippen LogP contribution in [0.3, 0.4) is 0 Å². The van der Waals surface area contributed by atoms with Gasteiger partial charge in [-0.05, 0) is 24.1 Å². The highest BCUT2D eigenvalue weighted by atomic mass is 16.6. The van der Waals surface area contributed by atoms with E-state index in [0.29, 0.717) is 0 Å². The largest absolute Gasteiger partial charge is 0.459 e. The van der Waals surface area contributed by atoms with E-state index in [2.05, 4.69) is 32.1 Å². The van der Waals surface area contributed by atoms with Gasteiger partial charge in [0.15, 0.2) is 0 Å². The Hall–Kier alpha value is -2.13. The van der Waals surface area contributed by atoms with E-state index in [-0.39, 0.29) is 23.7 Å². The van der Waals surface area contributed by atoms with Gasteiger partial charge in [0.2, 0.25) is 0 Å². The SMILES string of the molecule is CC1=C[C@@]2(C)C(=C[C@H](O)[C@H](OC(=O)Cc3ccccc3)[C@@H]2C)C=C1. The van der Waals surface area contributed by atoms with E-state index >= 15 is 0 Å². The number of carbonyl (C=O) groups is 1. The molecule has 0 radical (unpaired) electrons.